The van der Waals surface area contributed by atoms with Crippen LogP contribution >= 0.6 is 0 Å². The van der Waals surface area contributed by atoms with Crippen molar-refractivity contribution in [1.82, 2.24) is 0 Å². The Hall–Kier alpha value is -1.28. The lowest BCUT2D eigenvalue weighted by molar-refractivity contribution is -0.345. The number of aliphatic hydroxyl groups is 3. The first-order valence-corrected chi connectivity index (χ1v) is 9.32. The molecule has 6 atom stereocenters. The highest BCUT2D eigenvalue weighted by molar-refractivity contribution is 5.53. The summed E-state index contributed by atoms with van der Waals surface area (Å²) in [6, 6.07) is 9.96. The van der Waals surface area contributed by atoms with Gasteiger partial charge in [-0.25, -0.2) is 0 Å². The van der Waals surface area contributed by atoms with Crippen LogP contribution in [0.2, 0.25) is 0 Å². The van der Waals surface area contributed by atoms with Crippen molar-refractivity contribution >= 4 is 6.08 Å². The van der Waals surface area contributed by atoms with Crippen molar-refractivity contribution in [2.24, 2.45) is 0 Å². The predicted octanol–water partition coefficient (Wildman–Crippen LogP) is 1.83. The molecule has 0 radical (unpaired) electrons. The molecule has 6 heteroatoms. The number of benzene rings is 1. The van der Waals surface area contributed by atoms with Gasteiger partial charge < -0.3 is 29.5 Å². The molecular weight excluding hydrogens is 336 g/mol. The fourth-order valence-electron chi connectivity index (χ4n) is 3.38. The van der Waals surface area contributed by atoms with Gasteiger partial charge in [-0.3, -0.25) is 0 Å². The Balaban J connectivity index is 1.75. The van der Waals surface area contributed by atoms with E-state index in [4.69, 9.17) is 14.2 Å². The van der Waals surface area contributed by atoms with Crippen molar-refractivity contribution in [3.05, 3.63) is 41.5 Å². The minimum absolute atomic E-state index is 0.191. The van der Waals surface area contributed by atoms with Gasteiger partial charge in [0.2, 0.25) is 0 Å². The Kier molecular flexibility index (Phi) is 6.80. The van der Waals surface area contributed by atoms with Crippen LogP contribution < -0.4 is 0 Å². The van der Waals surface area contributed by atoms with E-state index in [1.165, 1.54) is 0 Å². The largest absolute Gasteiger partial charge is 0.387 e. The lowest BCUT2D eigenvalue weighted by atomic mass is 9.97. The molecule has 2 aliphatic rings. The van der Waals surface area contributed by atoms with E-state index in [1.807, 2.05) is 30.3 Å². The molecule has 26 heavy (non-hydrogen) atoms. The van der Waals surface area contributed by atoms with Gasteiger partial charge in [0.15, 0.2) is 12.6 Å². The first-order chi connectivity index (χ1) is 12.6. The summed E-state index contributed by atoms with van der Waals surface area (Å²) in [5.74, 6) is 0. The summed E-state index contributed by atoms with van der Waals surface area (Å²) in [6.45, 7) is 2.34. The van der Waals surface area contributed by atoms with E-state index in [-0.39, 0.29) is 6.61 Å². The van der Waals surface area contributed by atoms with Crippen molar-refractivity contribution in [1.29, 1.82) is 0 Å². The lowest BCUT2D eigenvalue weighted by Gasteiger charge is -2.45. The molecule has 0 saturated carbocycles. The monoisotopic (exact) mass is 364 g/mol. The molecular formula is C20H28O6. The zero-order valence-corrected chi connectivity index (χ0v) is 15.0. The number of hydrogen-bond acceptors (Lipinski definition) is 6. The molecule has 6 nitrogen and oxygen atoms in total. The second kappa shape index (κ2) is 9.08. The Morgan fingerprint density at radius 2 is 1.85 bits per heavy atom. The Morgan fingerprint density at radius 3 is 2.58 bits per heavy atom. The fraction of sp³-hybridized carbons (Fsp3) is 0.600. The maximum atomic E-state index is 10.3. The summed E-state index contributed by atoms with van der Waals surface area (Å²) in [6.07, 6.45) is 0.148. The van der Waals surface area contributed by atoms with E-state index in [0.717, 1.165) is 36.8 Å². The Bertz CT molecular complexity index is 587. The van der Waals surface area contributed by atoms with Crippen LogP contribution in [-0.2, 0) is 14.2 Å². The smallest absolute Gasteiger partial charge is 0.184 e. The molecule has 2 heterocycles. The maximum Gasteiger partial charge on any atom is 0.184 e. The minimum atomic E-state index is -1.43. The molecule has 1 aromatic rings. The van der Waals surface area contributed by atoms with Crippen LogP contribution in [0.5, 0.6) is 0 Å². The third kappa shape index (κ3) is 4.52. The van der Waals surface area contributed by atoms with Crippen molar-refractivity contribution in [3.8, 4) is 0 Å². The normalized spacial score (nSPS) is 35.2. The predicted molar refractivity (Wildman–Crippen MR) is 96.1 cm³/mol. The molecule has 0 amide bonds. The first kappa shape index (κ1) is 19.5. The highest BCUT2D eigenvalue weighted by Crippen LogP contribution is 2.31. The molecule has 2 aliphatic heterocycles. The summed E-state index contributed by atoms with van der Waals surface area (Å²) >= 11 is 0. The van der Waals surface area contributed by atoms with Crippen molar-refractivity contribution in [2.45, 2.75) is 69.6 Å². The lowest BCUT2D eigenvalue weighted by Crippen LogP contribution is -2.62. The van der Waals surface area contributed by atoms with Crippen LogP contribution in [-0.4, -0.2) is 58.9 Å². The zero-order valence-electron chi connectivity index (χ0n) is 15.0. The molecule has 0 spiro atoms. The SMILES string of the molecule is CCCCCC(=Cc1ccccc1)C1OC[C@H]2OC(O)[C@H](O)[C@@H](O)[C@@H]2O1. The van der Waals surface area contributed by atoms with Crippen LogP contribution in [0.3, 0.4) is 0 Å². The fourth-order valence-corrected chi connectivity index (χ4v) is 3.38. The molecule has 3 N–H and O–H groups in total. The van der Waals surface area contributed by atoms with Gasteiger partial charge in [-0.05, 0) is 24.0 Å². The third-order valence-corrected chi connectivity index (χ3v) is 4.88. The van der Waals surface area contributed by atoms with E-state index in [0.29, 0.717) is 0 Å². The number of hydrogen-bond donors (Lipinski definition) is 3. The zero-order chi connectivity index (χ0) is 18.5. The quantitative estimate of drug-likeness (QED) is 0.668. The number of rotatable bonds is 6. The van der Waals surface area contributed by atoms with Crippen molar-refractivity contribution < 1.29 is 29.5 Å². The van der Waals surface area contributed by atoms with E-state index in [9.17, 15) is 15.3 Å². The van der Waals surface area contributed by atoms with Crippen LogP contribution in [0.1, 0.15) is 38.2 Å². The topological polar surface area (TPSA) is 88.4 Å². The van der Waals surface area contributed by atoms with E-state index < -0.39 is 37.0 Å². The van der Waals surface area contributed by atoms with Crippen LogP contribution in [0.25, 0.3) is 6.08 Å². The second-order valence-electron chi connectivity index (χ2n) is 6.90. The molecule has 3 rings (SSSR count). The van der Waals surface area contributed by atoms with Crippen LogP contribution in [0.15, 0.2) is 35.9 Å². The van der Waals surface area contributed by atoms with E-state index in [2.05, 4.69) is 13.0 Å². The van der Waals surface area contributed by atoms with Crippen molar-refractivity contribution in [2.75, 3.05) is 6.61 Å². The van der Waals surface area contributed by atoms with Gasteiger partial charge in [-0.2, -0.15) is 0 Å². The maximum absolute atomic E-state index is 10.3. The van der Waals surface area contributed by atoms with Gasteiger partial charge in [0.05, 0.1) is 6.61 Å². The molecule has 1 aromatic carbocycles. The molecule has 0 aliphatic carbocycles. The average molecular weight is 364 g/mol. The number of ether oxygens (including phenoxy) is 3. The molecule has 0 aromatic heterocycles. The number of unbranched alkanes of at least 4 members (excludes halogenated alkanes) is 2. The first-order valence-electron chi connectivity index (χ1n) is 9.32. The van der Waals surface area contributed by atoms with E-state index >= 15 is 0 Å². The molecule has 2 fully saturated rings. The molecule has 2 saturated heterocycles. The van der Waals surface area contributed by atoms with Gasteiger partial charge in [0, 0.05) is 0 Å². The summed E-state index contributed by atoms with van der Waals surface area (Å²) in [5.41, 5.74) is 2.06. The molecule has 2 unspecified atom stereocenters. The standard InChI is InChI=1S/C20H28O6/c1-2-3-5-10-14(11-13-8-6-4-7-9-13)20-24-12-15-18(26-20)16(21)17(22)19(23)25-15/h4,6-9,11,15-23H,2-3,5,10,12H2,1H3/t15-,16-,17-,18-,19?,20?/m1/s1. The summed E-state index contributed by atoms with van der Waals surface area (Å²) < 4.78 is 17.1. The number of fused-ring (bicyclic) bond motifs is 1. The number of aliphatic hydroxyl groups excluding tert-OH is 3. The van der Waals surface area contributed by atoms with Gasteiger partial charge in [0.25, 0.3) is 0 Å². The summed E-state index contributed by atoms with van der Waals surface area (Å²) in [5, 5.41) is 29.8. The Morgan fingerprint density at radius 1 is 1.08 bits per heavy atom. The van der Waals surface area contributed by atoms with Gasteiger partial charge >= 0.3 is 0 Å². The van der Waals surface area contributed by atoms with Gasteiger partial charge in [-0.15, -0.1) is 0 Å². The second-order valence-corrected chi connectivity index (χ2v) is 6.90. The van der Waals surface area contributed by atoms with Gasteiger partial charge in [0.1, 0.15) is 24.4 Å². The van der Waals surface area contributed by atoms with Crippen LogP contribution in [0.4, 0.5) is 0 Å². The molecule has 0 bridgehead atoms. The molecule has 144 valence electrons. The van der Waals surface area contributed by atoms with Crippen molar-refractivity contribution in [3.63, 3.8) is 0 Å². The third-order valence-electron chi connectivity index (χ3n) is 4.88. The highest BCUT2D eigenvalue weighted by Gasteiger charge is 2.48. The van der Waals surface area contributed by atoms with Gasteiger partial charge in [-0.1, -0.05) is 56.2 Å². The summed E-state index contributed by atoms with van der Waals surface area (Å²) in [7, 11) is 0. The van der Waals surface area contributed by atoms with Crippen LogP contribution in [0, 0.1) is 0 Å². The summed E-state index contributed by atoms with van der Waals surface area (Å²) in [4.78, 5) is 0. The van der Waals surface area contributed by atoms with E-state index in [1.54, 1.807) is 0 Å². The highest BCUT2D eigenvalue weighted by atomic mass is 16.7. The Labute approximate surface area is 154 Å². The average Bonchev–Trinajstić information content (AvgIpc) is 2.66. The minimum Gasteiger partial charge on any atom is -0.387 e.